The topological polar surface area (TPSA) is 70.6 Å². The maximum Gasteiger partial charge on any atom is 0.240 e. The first-order valence-electron chi connectivity index (χ1n) is 8.48. The fourth-order valence-electron chi connectivity index (χ4n) is 2.60. The van der Waals surface area contributed by atoms with Crippen LogP contribution in [0.15, 0.2) is 59.6 Å². The molecule has 1 saturated heterocycles. The summed E-state index contributed by atoms with van der Waals surface area (Å²) in [5.41, 5.74) is 2.94. The van der Waals surface area contributed by atoms with Gasteiger partial charge >= 0.3 is 0 Å². The van der Waals surface area contributed by atoms with Crippen molar-refractivity contribution in [2.45, 2.75) is 31.6 Å². The molecule has 2 aromatic carbocycles. The Morgan fingerprint density at radius 3 is 2.58 bits per heavy atom. The number of hydrogen-bond donors (Lipinski definition) is 2. The van der Waals surface area contributed by atoms with Gasteiger partial charge < -0.3 is 10.6 Å². The van der Waals surface area contributed by atoms with Gasteiger partial charge in [0.15, 0.2) is 5.17 Å². The highest BCUT2D eigenvalue weighted by atomic mass is 32.2. The molecule has 2 aromatic rings. The summed E-state index contributed by atoms with van der Waals surface area (Å²) in [6.07, 6.45) is 0.114. The van der Waals surface area contributed by atoms with Crippen molar-refractivity contribution in [2.75, 3.05) is 5.32 Å². The van der Waals surface area contributed by atoms with E-state index in [1.165, 1.54) is 11.8 Å². The Balaban J connectivity index is 1.58. The van der Waals surface area contributed by atoms with E-state index >= 15 is 0 Å². The molecule has 2 amide bonds. The first kappa shape index (κ1) is 18.2. The Bertz CT molecular complexity index is 819. The minimum absolute atomic E-state index is 0.0564. The highest BCUT2D eigenvalue weighted by Crippen LogP contribution is 2.26. The highest BCUT2D eigenvalue weighted by Gasteiger charge is 2.32. The van der Waals surface area contributed by atoms with Gasteiger partial charge in [-0.3, -0.25) is 14.6 Å². The van der Waals surface area contributed by atoms with E-state index in [4.69, 9.17) is 0 Å². The number of thioether (sulfide) groups is 1. The van der Waals surface area contributed by atoms with Crippen molar-refractivity contribution >= 4 is 34.4 Å². The van der Waals surface area contributed by atoms with Crippen molar-refractivity contribution < 1.29 is 9.59 Å². The first-order chi connectivity index (χ1) is 12.5. The van der Waals surface area contributed by atoms with Crippen LogP contribution in [-0.2, 0) is 9.59 Å². The Hall–Kier alpha value is -2.60. The molecule has 0 bridgehead atoms. The zero-order chi connectivity index (χ0) is 18.5. The van der Waals surface area contributed by atoms with E-state index in [0.29, 0.717) is 5.17 Å². The lowest BCUT2D eigenvalue weighted by Gasteiger charge is -2.08. The molecule has 1 heterocycles. The molecule has 0 unspecified atom stereocenters. The quantitative estimate of drug-likeness (QED) is 0.847. The second kappa shape index (κ2) is 8.19. The fraction of sp³-hybridized carbons (Fsp3) is 0.250. The number of carbonyl (C=O) groups is 2. The predicted octanol–water partition coefficient (Wildman–Crippen LogP) is 3.67. The zero-order valence-electron chi connectivity index (χ0n) is 14.7. The lowest BCUT2D eigenvalue weighted by Crippen LogP contribution is -2.28. The summed E-state index contributed by atoms with van der Waals surface area (Å²) in [6, 6.07) is 17.4. The maximum absolute atomic E-state index is 12.2. The molecule has 5 nitrogen and oxygen atoms in total. The molecule has 2 N–H and O–H groups in total. The van der Waals surface area contributed by atoms with Crippen LogP contribution < -0.4 is 10.6 Å². The average Bonchev–Trinajstić information content (AvgIpc) is 2.96. The SMILES string of the molecule is Cc1ccc(NC(=O)C[C@H]2SC(=N[C@@H](C)c3ccccc3)NC2=O)cc1. The van der Waals surface area contributed by atoms with Crippen LogP contribution in [0.2, 0.25) is 0 Å². The van der Waals surface area contributed by atoms with Gasteiger partial charge in [0.25, 0.3) is 0 Å². The second-order valence-electron chi connectivity index (χ2n) is 6.23. The number of amidine groups is 1. The summed E-state index contributed by atoms with van der Waals surface area (Å²) >= 11 is 1.31. The van der Waals surface area contributed by atoms with Gasteiger partial charge in [-0.1, -0.05) is 59.8 Å². The van der Waals surface area contributed by atoms with Crippen LogP contribution in [0.4, 0.5) is 5.69 Å². The molecule has 1 aliphatic heterocycles. The van der Waals surface area contributed by atoms with Gasteiger partial charge in [-0.25, -0.2) is 0 Å². The Morgan fingerprint density at radius 2 is 1.88 bits per heavy atom. The van der Waals surface area contributed by atoms with Crippen molar-refractivity contribution in [1.82, 2.24) is 5.32 Å². The molecule has 3 rings (SSSR count). The average molecular weight is 367 g/mol. The number of amides is 2. The third-order valence-electron chi connectivity index (χ3n) is 4.08. The molecular formula is C20H21N3O2S. The number of nitrogens with zero attached hydrogens (tertiary/aromatic N) is 1. The number of nitrogens with one attached hydrogen (secondary N) is 2. The smallest absolute Gasteiger partial charge is 0.240 e. The van der Waals surface area contributed by atoms with Crippen LogP contribution in [0.25, 0.3) is 0 Å². The van der Waals surface area contributed by atoms with E-state index < -0.39 is 5.25 Å². The number of aliphatic imine (C=N–C) groups is 1. The number of aryl methyl sites for hydroxylation is 1. The number of hydrogen-bond acceptors (Lipinski definition) is 4. The molecule has 0 aromatic heterocycles. The van der Waals surface area contributed by atoms with Gasteiger partial charge in [-0.15, -0.1) is 0 Å². The lowest BCUT2D eigenvalue weighted by molar-refractivity contribution is -0.122. The molecule has 26 heavy (non-hydrogen) atoms. The van der Waals surface area contributed by atoms with E-state index in [1.54, 1.807) is 0 Å². The van der Waals surface area contributed by atoms with E-state index in [1.807, 2.05) is 68.4 Å². The van der Waals surface area contributed by atoms with Crippen LogP contribution in [0, 0.1) is 6.92 Å². The second-order valence-corrected chi connectivity index (χ2v) is 7.43. The van der Waals surface area contributed by atoms with E-state index in [2.05, 4.69) is 15.6 Å². The van der Waals surface area contributed by atoms with Gasteiger partial charge in [-0.05, 0) is 31.5 Å². The van der Waals surface area contributed by atoms with Gasteiger partial charge in [0.05, 0.1) is 6.04 Å². The monoisotopic (exact) mass is 367 g/mol. The Morgan fingerprint density at radius 1 is 1.19 bits per heavy atom. The molecule has 134 valence electrons. The van der Waals surface area contributed by atoms with Crippen molar-refractivity contribution in [1.29, 1.82) is 0 Å². The Labute approximate surface area is 157 Å². The van der Waals surface area contributed by atoms with Gasteiger partial charge in [0.2, 0.25) is 11.8 Å². The summed E-state index contributed by atoms with van der Waals surface area (Å²) in [7, 11) is 0. The zero-order valence-corrected chi connectivity index (χ0v) is 15.5. The number of rotatable bonds is 5. The van der Waals surface area contributed by atoms with Crippen molar-refractivity contribution in [3.05, 3.63) is 65.7 Å². The molecule has 2 atom stereocenters. The minimum Gasteiger partial charge on any atom is -0.326 e. The van der Waals surface area contributed by atoms with Crippen LogP contribution in [0.3, 0.4) is 0 Å². The molecule has 1 fully saturated rings. The van der Waals surface area contributed by atoms with Gasteiger partial charge in [0, 0.05) is 12.1 Å². The summed E-state index contributed by atoms with van der Waals surface area (Å²) < 4.78 is 0. The molecule has 0 spiro atoms. The van der Waals surface area contributed by atoms with Crippen molar-refractivity contribution in [2.24, 2.45) is 4.99 Å². The lowest BCUT2D eigenvalue weighted by atomic mass is 10.1. The van der Waals surface area contributed by atoms with Crippen LogP contribution >= 0.6 is 11.8 Å². The first-order valence-corrected chi connectivity index (χ1v) is 9.36. The summed E-state index contributed by atoms with van der Waals surface area (Å²) in [6.45, 7) is 3.97. The normalized spacial score (nSPS) is 19.2. The van der Waals surface area contributed by atoms with E-state index in [-0.39, 0.29) is 24.3 Å². The van der Waals surface area contributed by atoms with Crippen molar-refractivity contribution in [3.63, 3.8) is 0 Å². The largest absolute Gasteiger partial charge is 0.326 e. The molecule has 0 saturated carbocycles. The van der Waals surface area contributed by atoms with Gasteiger partial charge in [-0.2, -0.15) is 0 Å². The number of anilines is 1. The third-order valence-corrected chi connectivity index (χ3v) is 5.17. The number of carbonyl (C=O) groups excluding carboxylic acids is 2. The van der Waals surface area contributed by atoms with E-state index in [9.17, 15) is 9.59 Å². The molecule has 0 radical (unpaired) electrons. The highest BCUT2D eigenvalue weighted by molar-refractivity contribution is 8.15. The number of benzene rings is 2. The van der Waals surface area contributed by atoms with Gasteiger partial charge in [0.1, 0.15) is 5.25 Å². The Kier molecular flexibility index (Phi) is 5.73. The maximum atomic E-state index is 12.2. The third kappa shape index (κ3) is 4.73. The summed E-state index contributed by atoms with van der Waals surface area (Å²) in [4.78, 5) is 28.9. The van der Waals surface area contributed by atoms with Crippen LogP contribution in [0.1, 0.15) is 30.5 Å². The standard InChI is InChI=1S/C20H21N3O2S/c1-13-8-10-16(11-9-13)22-18(24)12-17-19(25)23-20(26-17)21-14(2)15-6-4-3-5-7-15/h3-11,14,17H,12H2,1-2H3,(H,22,24)(H,21,23,25)/t14-,17+/m0/s1. The minimum atomic E-state index is -0.456. The van der Waals surface area contributed by atoms with E-state index in [0.717, 1.165) is 16.8 Å². The molecule has 6 heteroatoms. The molecule has 1 aliphatic rings. The predicted molar refractivity (Wildman–Crippen MR) is 106 cm³/mol. The summed E-state index contributed by atoms with van der Waals surface area (Å²) in [5, 5.41) is 5.71. The van der Waals surface area contributed by atoms with Crippen LogP contribution in [0.5, 0.6) is 0 Å². The van der Waals surface area contributed by atoms with Crippen molar-refractivity contribution in [3.8, 4) is 0 Å². The summed E-state index contributed by atoms with van der Waals surface area (Å²) in [5.74, 6) is -0.355. The molecular weight excluding hydrogens is 346 g/mol. The van der Waals surface area contributed by atoms with Crippen LogP contribution in [-0.4, -0.2) is 22.2 Å². The fourth-order valence-corrected chi connectivity index (χ4v) is 3.65. The molecule has 0 aliphatic carbocycles.